The van der Waals surface area contributed by atoms with Crippen LogP contribution in [-0.2, 0) is 13.2 Å². The van der Waals surface area contributed by atoms with E-state index in [2.05, 4.69) is 30.4 Å². The fourth-order valence-electron chi connectivity index (χ4n) is 2.25. The molecule has 0 fully saturated rings. The van der Waals surface area contributed by atoms with Crippen molar-refractivity contribution in [2.45, 2.75) is 19.6 Å². The van der Waals surface area contributed by atoms with Crippen LogP contribution in [0, 0.1) is 5.82 Å². The van der Waals surface area contributed by atoms with Gasteiger partial charge in [0.2, 0.25) is 0 Å². The zero-order valence-corrected chi connectivity index (χ0v) is 13.9. The van der Waals surface area contributed by atoms with Gasteiger partial charge in [0.05, 0.1) is 0 Å². The standard InChI is InChI=1S/C19H25FN2O/c1-22(2)12-4-11-21-14-17-5-3-6-19(13-17)23-15-16-7-9-18(20)10-8-16/h3,5-10,13,21H,4,11-12,14-15H2,1-2H3. The van der Waals surface area contributed by atoms with Gasteiger partial charge in [-0.15, -0.1) is 0 Å². The van der Waals surface area contributed by atoms with Crippen LogP contribution in [0.4, 0.5) is 4.39 Å². The molecule has 124 valence electrons. The van der Waals surface area contributed by atoms with Crippen molar-refractivity contribution in [3.8, 4) is 5.75 Å². The lowest BCUT2D eigenvalue weighted by atomic mass is 10.2. The average Bonchev–Trinajstić information content (AvgIpc) is 2.54. The first kappa shape index (κ1) is 17.4. The molecule has 0 aliphatic carbocycles. The van der Waals surface area contributed by atoms with Crippen molar-refractivity contribution in [2.24, 2.45) is 0 Å². The third kappa shape index (κ3) is 6.80. The summed E-state index contributed by atoms with van der Waals surface area (Å²) in [7, 11) is 4.17. The molecule has 2 aromatic carbocycles. The highest BCUT2D eigenvalue weighted by molar-refractivity contribution is 5.29. The summed E-state index contributed by atoms with van der Waals surface area (Å²) in [6.07, 6.45) is 1.13. The Bertz CT molecular complexity index is 584. The van der Waals surface area contributed by atoms with Crippen molar-refractivity contribution in [2.75, 3.05) is 27.2 Å². The van der Waals surface area contributed by atoms with Crippen LogP contribution in [0.5, 0.6) is 5.75 Å². The number of nitrogens with one attached hydrogen (secondary N) is 1. The number of ether oxygens (including phenoxy) is 1. The van der Waals surface area contributed by atoms with Gasteiger partial charge in [0.1, 0.15) is 18.2 Å². The molecule has 0 radical (unpaired) electrons. The van der Waals surface area contributed by atoms with Crippen LogP contribution in [0.15, 0.2) is 48.5 Å². The Morgan fingerprint density at radius 1 is 1.04 bits per heavy atom. The predicted octanol–water partition coefficient (Wildman–Crippen LogP) is 3.45. The molecule has 0 atom stereocenters. The van der Waals surface area contributed by atoms with E-state index in [-0.39, 0.29) is 5.82 Å². The first-order valence-electron chi connectivity index (χ1n) is 7.95. The quantitative estimate of drug-likeness (QED) is 0.717. The lowest BCUT2D eigenvalue weighted by Crippen LogP contribution is -2.20. The van der Waals surface area contributed by atoms with Crippen molar-refractivity contribution >= 4 is 0 Å². The fraction of sp³-hybridized carbons (Fsp3) is 0.368. The second kappa shape index (κ2) is 9.28. The van der Waals surface area contributed by atoms with Gasteiger partial charge in [0.25, 0.3) is 0 Å². The highest BCUT2D eigenvalue weighted by atomic mass is 19.1. The summed E-state index contributed by atoms with van der Waals surface area (Å²) in [5, 5.41) is 3.44. The van der Waals surface area contributed by atoms with Gasteiger partial charge in [-0.3, -0.25) is 0 Å². The number of rotatable bonds is 9. The Labute approximate surface area is 138 Å². The van der Waals surface area contributed by atoms with E-state index in [4.69, 9.17) is 4.74 Å². The van der Waals surface area contributed by atoms with Crippen LogP contribution in [0.3, 0.4) is 0 Å². The Kier molecular flexibility index (Phi) is 7.04. The second-order valence-electron chi connectivity index (χ2n) is 5.90. The van der Waals surface area contributed by atoms with Gasteiger partial charge in [0, 0.05) is 6.54 Å². The molecule has 0 amide bonds. The van der Waals surface area contributed by atoms with Gasteiger partial charge >= 0.3 is 0 Å². The Morgan fingerprint density at radius 2 is 1.83 bits per heavy atom. The summed E-state index contributed by atoms with van der Waals surface area (Å²) in [6.45, 7) is 3.37. The summed E-state index contributed by atoms with van der Waals surface area (Å²) < 4.78 is 18.6. The molecule has 0 aromatic heterocycles. The molecule has 2 rings (SSSR count). The summed E-state index contributed by atoms with van der Waals surface area (Å²) in [4.78, 5) is 2.19. The predicted molar refractivity (Wildman–Crippen MR) is 92.1 cm³/mol. The van der Waals surface area contributed by atoms with Gasteiger partial charge in [0.15, 0.2) is 0 Å². The van der Waals surface area contributed by atoms with Gasteiger partial charge in [-0.2, -0.15) is 0 Å². The van der Waals surface area contributed by atoms with Crippen LogP contribution < -0.4 is 10.1 Å². The summed E-state index contributed by atoms with van der Waals surface area (Å²) in [5.41, 5.74) is 2.16. The van der Waals surface area contributed by atoms with E-state index in [9.17, 15) is 4.39 Å². The molecule has 0 saturated heterocycles. The van der Waals surface area contributed by atoms with Crippen molar-refractivity contribution in [3.63, 3.8) is 0 Å². The first-order chi connectivity index (χ1) is 11.1. The Balaban J connectivity index is 1.76. The van der Waals surface area contributed by atoms with Crippen molar-refractivity contribution in [1.82, 2.24) is 10.2 Å². The molecular formula is C19H25FN2O. The number of hydrogen-bond donors (Lipinski definition) is 1. The molecule has 4 heteroatoms. The van der Waals surface area contributed by atoms with E-state index >= 15 is 0 Å². The first-order valence-corrected chi connectivity index (χ1v) is 7.95. The molecule has 23 heavy (non-hydrogen) atoms. The minimum Gasteiger partial charge on any atom is -0.489 e. The molecule has 0 spiro atoms. The number of halogens is 1. The molecule has 0 aliphatic heterocycles. The van der Waals surface area contributed by atoms with Crippen molar-refractivity contribution in [3.05, 3.63) is 65.5 Å². The minimum atomic E-state index is -0.226. The zero-order chi connectivity index (χ0) is 16.5. The van der Waals surface area contributed by atoms with Gasteiger partial charge in [-0.25, -0.2) is 4.39 Å². The zero-order valence-electron chi connectivity index (χ0n) is 13.9. The topological polar surface area (TPSA) is 24.5 Å². The van der Waals surface area contributed by atoms with Crippen LogP contribution >= 0.6 is 0 Å². The smallest absolute Gasteiger partial charge is 0.123 e. The summed E-state index contributed by atoms with van der Waals surface area (Å²) >= 11 is 0. The average molecular weight is 316 g/mol. The molecular weight excluding hydrogens is 291 g/mol. The Morgan fingerprint density at radius 3 is 2.57 bits per heavy atom. The van der Waals surface area contributed by atoms with Gasteiger partial charge in [-0.05, 0) is 69.0 Å². The summed E-state index contributed by atoms with van der Waals surface area (Å²) in [5.74, 6) is 0.609. The normalized spacial score (nSPS) is 11.0. The van der Waals surface area contributed by atoms with E-state index in [1.54, 1.807) is 12.1 Å². The molecule has 3 nitrogen and oxygen atoms in total. The van der Waals surface area contributed by atoms with Crippen LogP contribution in [-0.4, -0.2) is 32.1 Å². The van der Waals surface area contributed by atoms with Gasteiger partial charge in [-0.1, -0.05) is 24.3 Å². The monoisotopic (exact) mass is 316 g/mol. The third-order valence-corrected chi connectivity index (χ3v) is 3.51. The largest absolute Gasteiger partial charge is 0.489 e. The second-order valence-corrected chi connectivity index (χ2v) is 5.90. The minimum absolute atomic E-state index is 0.226. The van der Waals surface area contributed by atoms with Crippen LogP contribution in [0.2, 0.25) is 0 Å². The third-order valence-electron chi connectivity index (χ3n) is 3.51. The number of nitrogens with zero attached hydrogens (tertiary/aromatic N) is 1. The molecule has 0 unspecified atom stereocenters. The van der Waals surface area contributed by atoms with E-state index < -0.39 is 0 Å². The van der Waals surface area contributed by atoms with Crippen LogP contribution in [0.25, 0.3) is 0 Å². The van der Waals surface area contributed by atoms with E-state index in [1.165, 1.54) is 17.7 Å². The molecule has 0 heterocycles. The highest BCUT2D eigenvalue weighted by Crippen LogP contribution is 2.15. The molecule has 2 aromatic rings. The maximum atomic E-state index is 12.9. The van der Waals surface area contributed by atoms with Crippen molar-refractivity contribution in [1.29, 1.82) is 0 Å². The number of benzene rings is 2. The Hall–Kier alpha value is -1.91. The maximum Gasteiger partial charge on any atom is 0.123 e. The van der Waals surface area contributed by atoms with Crippen molar-refractivity contribution < 1.29 is 9.13 Å². The maximum absolute atomic E-state index is 12.9. The van der Waals surface area contributed by atoms with Crippen LogP contribution in [0.1, 0.15) is 17.5 Å². The molecule has 0 aliphatic rings. The molecule has 1 N–H and O–H groups in total. The van der Waals surface area contributed by atoms with E-state index in [1.807, 2.05) is 18.2 Å². The summed E-state index contributed by atoms with van der Waals surface area (Å²) in [6, 6.07) is 14.5. The molecule has 0 bridgehead atoms. The fourth-order valence-corrected chi connectivity index (χ4v) is 2.25. The van der Waals surface area contributed by atoms with E-state index in [0.717, 1.165) is 37.4 Å². The molecule has 0 saturated carbocycles. The van der Waals surface area contributed by atoms with E-state index in [0.29, 0.717) is 6.61 Å². The SMILES string of the molecule is CN(C)CCCNCc1cccc(OCc2ccc(F)cc2)c1. The number of hydrogen-bond acceptors (Lipinski definition) is 3. The highest BCUT2D eigenvalue weighted by Gasteiger charge is 1.99. The lowest BCUT2D eigenvalue weighted by Gasteiger charge is -2.11. The van der Waals surface area contributed by atoms with Gasteiger partial charge < -0.3 is 15.0 Å². The lowest BCUT2D eigenvalue weighted by molar-refractivity contribution is 0.305.